The Morgan fingerprint density at radius 3 is 1.76 bits per heavy atom. The molecule has 0 spiro atoms. The lowest BCUT2D eigenvalue weighted by Crippen LogP contribution is -1.84. The summed E-state index contributed by atoms with van der Waals surface area (Å²) in [5, 5.41) is 20.3. The average Bonchev–Trinajstić information content (AvgIpc) is 2.39. The molecule has 0 saturated carbocycles. The van der Waals surface area contributed by atoms with Gasteiger partial charge in [-0.05, 0) is 48.5 Å². The fourth-order valence-corrected chi connectivity index (χ4v) is 1.33. The molecule has 0 unspecified atom stereocenters. The molecule has 0 heterocycles. The van der Waals surface area contributed by atoms with Gasteiger partial charge in [0.15, 0.2) is 0 Å². The predicted octanol–water partition coefficient (Wildman–Crippen LogP) is 3.85. The zero-order chi connectivity index (χ0) is 12.1. The second-order valence-corrected chi connectivity index (χ2v) is 3.51. The van der Waals surface area contributed by atoms with Crippen molar-refractivity contribution in [1.82, 2.24) is 0 Å². The van der Waals surface area contributed by atoms with Gasteiger partial charge in [0.2, 0.25) is 0 Å². The van der Waals surface area contributed by atoms with Crippen LogP contribution < -0.4 is 5.32 Å². The largest absolute Gasteiger partial charge is 0.508 e. The summed E-state index contributed by atoms with van der Waals surface area (Å²) in [6.07, 6.45) is 0. The highest BCUT2D eigenvalue weighted by atomic mass is 16.3. The molecule has 0 aliphatic rings. The zero-order valence-electron chi connectivity index (χ0n) is 9.46. The van der Waals surface area contributed by atoms with Gasteiger partial charge in [-0.1, -0.05) is 0 Å². The number of azo groups is 1. The highest BCUT2D eigenvalue weighted by Crippen LogP contribution is 2.21. The highest BCUT2D eigenvalue weighted by molar-refractivity contribution is 5.50. The molecular weight excluding hydrogens is 214 g/mol. The molecular formula is C13H13N3O. The molecule has 2 aromatic carbocycles. The Labute approximate surface area is 99.6 Å². The molecule has 0 saturated heterocycles. The first-order valence-corrected chi connectivity index (χ1v) is 5.26. The number of nitrogens with zero attached hydrogens (tertiary/aromatic N) is 2. The quantitative estimate of drug-likeness (QED) is 0.782. The minimum absolute atomic E-state index is 0.224. The standard InChI is InChI=1S/C13H13N3O/c1-14-10-2-4-11(5-3-10)15-16-12-6-8-13(17)9-7-12/h2-9,14,17H,1H3/b16-15+. The molecule has 86 valence electrons. The van der Waals surface area contributed by atoms with Crippen molar-refractivity contribution in [1.29, 1.82) is 0 Å². The maximum Gasteiger partial charge on any atom is 0.115 e. The molecule has 0 atom stereocenters. The number of rotatable bonds is 3. The predicted molar refractivity (Wildman–Crippen MR) is 68.3 cm³/mol. The normalized spacial score (nSPS) is 10.6. The van der Waals surface area contributed by atoms with Gasteiger partial charge in [-0.3, -0.25) is 0 Å². The van der Waals surface area contributed by atoms with E-state index in [1.54, 1.807) is 24.3 Å². The molecule has 0 fully saturated rings. The van der Waals surface area contributed by atoms with Crippen LogP contribution in [0.4, 0.5) is 17.1 Å². The first kappa shape index (κ1) is 11.1. The van der Waals surface area contributed by atoms with Crippen LogP contribution in [-0.4, -0.2) is 12.2 Å². The Kier molecular flexibility index (Phi) is 3.35. The van der Waals surface area contributed by atoms with Gasteiger partial charge >= 0.3 is 0 Å². The summed E-state index contributed by atoms with van der Waals surface area (Å²) < 4.78 is 0. The van der Waals surface area contributed by atoms with E-state index < -0.39 is 0 Å². The van der Waals surface area contributed by atoms with E-state index in [0.717, 1.165) is 11.4 Å². The number of hydrogen-bond donors (Lipinski definition) is 2. The van der Waals surface area contributed by atoms with Crippen LogP contribution in [0.25, 0.3) is 0 Å². The van der Waals surface area contributed by atoms with Crippen LogP contribution in [0.3, 0.4) is 0 Å². The van der Waals surface area contributed by atoms with Gasteiger partial charge < -0.3 is 10.4 Å². The second-order valence-electron chi connectivity index (χ2n) is 3.51. The molecule has 0 radical (unpaired) electrons. The molecule has 4 heteroatoms. The van der Waals surface area contributed by atoms with Crippen LogP contribution in [-0.2, 0) is 0 Å². The number of hydrogen-bond acceptors (Lipinski definition) is 4. The van der Waals surface area contributed by atoms with Crippen LogP contribution in [0.15, 0.2) is 58.8 Å². The molecule has 4 nitrogen and oxygen atoms in total. The first-order valence-electron chi connectivity index (χ1n) is 5.26. The number of nitrogens with one attached hydrogen (secondary N) is 1. The fourth-order valence-electron chi connectivity index (χ4n) is 1.33. The minimum Gasteiger partial charge on any atom is -0.508 e. The minimum atomic E-state index is 0.224. The van der Waals surface area contributed by atoms with E-state index in [-0.39, 0.29) is 5.75 Å². The van der Waals surface area contributed by atoms with Crippen LogP contribution >= 0.6 is 0 Å². The van der Waals surface area contributed by atoms with E-state index in [2.05, 4.69) is 15.5 Å². The molecule has 0 bridgehead atoms. The summed E-state index contributed by atoms with van der Waals surface area (Å²) in [7, 11) is 1.87. The fraction of sp³-hybridized carbons (Fsp3) is 0.0769. The van der Waals surface area contributed by atoms with Crippen molar-refractivity contribution in [2.75, 3.05) is 12.4 Å². The average molecular weight is 227 g/mol. The number of phenols is 1. The third-order valence-electron chi connectivity index (χ3n) is 2.29. The van der Waals surface area contributed by atoms with Crippen molar-refractivity contribution in [2.24, 2.45) is 10.2 Å². The van der Waals surface area contributed by atoms with E-state index in [0.29, 0.717) is 5.69 Å². The Balaban J connectivity index is 2.11. The third kappa shape index (κ3) is 3.04. The summed E-state index contributed by atoms with van der Waals surface area (Å²) in [6, 6.07) is 14.2. The topological polar surface area (TPSA) is 57.0 Å². The Morgan fingerprint density at radius 2 is 1.29 bits per heavy atom. The summed E-state index contributed by atoms with van der Waals surface area (Å²) in [5.74, 6) is 0.224. The van der Waals surface area contributed by atoms with Gasteiger partial charge in [0, 0.05) is 12.7 Å². The molecule has 2 aromatic rings. The Morgan fingerprint density at radius 1 is 0.824 bits per heavy atom. The molecule has 0 aliphatic heterocycles. The van der Waals surface area contributed by atoms with Crippen LogP contribution in [0.5, 0.6) is 5.75 Å². The summed E-state index contributed by atoms with van der Waals surface area (Å²) in [5.41, 5.74) is 2.53. The molecule has 17 heavy (non-hydrogen) atoms. The molecule has 2 N–H and O–H groups in total. The maximum absolute atomic E-state index is 9.12. The van der Waals surface area contributed by atoms with E-state index in [1.807, 2.05) is 31.3 Å². The molecule has 0 aromatic heterocycles. The smallest absolute Gasteiger partial charge is 0.115 e. The summed E-state index contributed by atoms with van der Waals surface area (Å²) in [4.78, 5) is 0. The number of aromatic hydroxyl groups is 1. The van der Waals surface area contributed by atoms with E-state index in [9.17, 15) is 0 Å². The monoisotopic (exact) mass is 227 g/mol. The molecule has 0 aliphatic carbocycles. The first-order chi connectivity index (χ1) is 8.28. The van der Waals surface area contributed by atoms with Crippen molar-refractivity contribution in [3.63, 3.8) is 0 Å². The van der Waals surface area contributed by atoms with Gasteiger partial charge in [0.25, 0.3) is 0 Å². The maximum atomic E-state index is 9.12. The van der Waals surface area contributed by atoms with Gasteiger partial charge in [-0.25, -0.2) is 0 Å². The summed E-state index contributed by atoms with van der Waals surface area (Å²) in [6.45, 7) is 0. The van der Waals surface area contributed by atoms with Crippen molar-refractivity contribution < 1.29 is 5.11 Å². The van der Waals surface area contributed by atoms with Gasteiger partial charge in [0.1, 0.15) is 5.75 Å². The lowest BCUT2D eigenvalue weighted by atomic mass is 10.3. The Bertz CT molecular complexity index is 503. The number of phenolic OH excluding ortho intramolecular Hbond substituents is 1. The van der Waals surface area contributed by atoms with Gasteiger partial charge in [0.05, 0.1) is 11.4 Å². The lowest BCUT2D eigenvalue weighted by Gasteiger charge is -1.98. The van der Waals surface area contributed by atoms with Crippen LogP contribution in [0.1, 0.15) is 0 Å². The van der Waals surface area contributed by atoms with Crippen molar-refractivity contribution >= 4 is 17.1 Å². The second kappa shape index (κ2) is 5.12. The van der Waals surface area contributed by atoms with E-state index in [4.69, 9.17) is 5.11 Å². The van der Waals surface area contributed by atoms with Crippen LogP contribution in [0.2, 0.25) is 0 Å². The van der Waals surface area contributed by atoms with Crippen molar-refractivity contribution in [3.8, 4) is 5.75 Å². The van der Waals surface area contributed by atoms with E-state index in [1.165, 1.54) is 0 Å². The third-order valence-corrected chi connectivity index (χ3v) is 2.29. The molecule has 0 amide bonds. The summed E-state index contributed by atoms with van der Waals surface area (Å²) >= 11 is 0. The Hall–Kier alpha value is -2.36. The molecule has 2 rings (SSSR count). The van der Waals surface area contributed by atoms with Crippen LogP contribution in [0, 0.1) is 0 Å². The van der Waals surface area contributed by atoms with Crippen molar-refractivity contribution in [3.05, 3.63) is 48.5 Å². The zero-order valence-corrected chi connectivity index (χ0v) is 9.46. The highest BCUT2D eigenvalue weighted by Gasteiger charge is 1.92. The van der Waals surface area contributed by atoms with Gasteiger partial charge in [-0.15, -0.1) is 0 Å². The SMILES string of the molecule is CNc1ccc(/N=N/c2ccc(O)cc2)cc1. The number of benzene rings is 2. The van der Waals surface area contributed by atoms with Crippen molar-refractivity contribution in [2.45, 2.75) is 0 Å². The van der Waals surface area contributed by atoms with Gasteiger partial charge in [-0.2, -0.15) is 10.2 Å². The van der Waals surface area contributed by atoms with E-state index >= 15 is 0 Å². The number of anilines is 1. The lowest BCUT2D eigenvalue weighted by molar-refractivity contribution is 0.475.